The normalized spacial score (nSPS) is 11.6. The molecule has 0 aliphatic carbocycles. The molecule has 3 aromatic rings. The van der Waals surface area contributed by atoms with Crippen LogP contribution in [0.4, 0.5) is 0 Å². The summed E-state index contributed by atoms with van der Waals surface area (Å²) in [5.74, 6) is 1.78. The van der Waals surface area contributed by atoms with Gasteiger partial charge >= 0.3 is 7.60 Å². The van der Waals surface area contributed by atoms with Gasteiger partial charge in [-0.3, -0.25) is 4.57 Å². The van der Waals surface area contributed by atoms with Crippen LogP contribution in [0.5, 0.6) is 17.4 Å². The molecule has 0 fully saturated rings. The Labute approximate surface area is 179 Å². The number of pyridine rings is 1. The molecule has 8 nitrogen and oxygen atoms in total. The molecule has 1 aromatic carbocycles. The van der Waals surface area contributed by atoms with Crippen LogP contribution in [0.3, 0.4) is 0 Å². The Morgan fingerprint density at radius 2 is 1.70 bits per heavy atom. The van der Waals surface area contributed by atoms with Gasteiger partial charge in [0.25, 0.3) is 0 Å². The van der Waals surface area contributed by atoms with E-state index in [1.54, 1.807) is 34.1 Å². The maximum absolute atomic E-state index is 12.7. The van der Waals surface area contributed by atoms with Crippen molar-refractivity contribution >= 4 is 29.3 Å². The van der Waals surface area contributed by atoms with Crippen LogP contribution in [0, 0.1) is 0 Å². The summed E-state index contributed by atoms with van der Waals surface area (Å²) in [6.45, 7) is 4.53. The van der Waals surface area contributed by atoms with Gasteiger partial charge in [-0.2, -0.15) is 0 Å². The third kappa shape index (κ3) is 5.49. The van der Waals surface area contributed by atoms with E-state index < -0.39 is 7.60 Å². The molecule has 0 saturated heterocycles. The second-order valence-corrected chi connectivity index (χ2v) is 9.28. The SMILES string of the molecule is CCOP(=O)(Cc1nc2ccc(OCc3ccc(OC)c(OC)c3)nc2s1)OCC. The first-order valence-electron chi connectivity index (χ1n) is 9.48. The number of nitrogens with zero attached hydrogens (tertiary/aromatic N) is 2. The lowest BCUT2D eigenvalue weighted by molar-refractivity contribution is 0.219. The molecule has 0 atom stereocenters. The lowest BCUT2D eigenvalue weighted by atomic mass is 10.2. The molecule has 0 aliphatic rings. The summed E-state index contributed by atoms with van der Waals surface area (Å²) in [5.41, 5.74) is 1.64. The van der Waals surface area contributed by atoms with E-state index in [4.69, 9.17) is 23.3 Å². The van der Waals surface area contributed by atoms with Gasteiger partial charge in [0, 0.05) is 6.07 Å². The van der Waals surface area contributed by atoms with E-state index in [1.165, 1.54) is 11.3 Å². The molecule has 10 heteroatoms. The number of hydrogen-bond donors (Lipinski definition) is 0. The fourth-order valence-electron chi connectivity index (χ4n) is 2.81. The number of fused-ring (bicyclic) bond motifs is 1. The lowest BCUT2D eigenvalue weighted by Gasteiger charge is -2.15. The van der Waals surface area contributed by atoms with Crippen molar-refractivity contribution in [3.05, 3.63) is 40.9 Å². The van der Waals surface area contributed by atoms with Crippen LogP contribution < -0.4 is 14.2 Å². The van der Waals surface area contributed by atoms with Gasteiger partial charge in [0.05, 0.1) is 27.4 Å². The number of aromatic nitrogens is 2. The number of hydrogen-bond acceptors (Lipinski definition) is 9. The zero-order valence-corrected chi connectivity index (χ0v) is 19.1. The first-order chi connectivity index (χ1) is 14.5. The summed E-state index contributed by atoms with van der Waals surface area (Å²) >= 11 is 1.35. The van der Waals surface area contributed by atoms with Crippen molar-refractivity contribution in [2.45, 2.75) is 26.6 Å². The fraction of sp³-hybridized carbons (Fsp3) is 0.400. The Morgan fingerprint density at radius 1 is 0.967 bits per heavy atom. The largest absolute Gasteiger partial charge is 0.493 e. The molecule has 0 amide bonds. The van der Waals surface area contributed by atoms with E-state index in [-0.39, 0.29) is 6.16 Å². The van der Waals surface area contributed by atoms with Gasteiger partial charge in [-0.1, -0.05) is 17.4 Å². The number of rotatable bonds is 11. The van der Waals surface area contributed by atoms with Crippen LogP contribution in [0.15, 0.2) is 30.3 Å². The first-order valence-corrected chi connectivity index (χ1v) is 12.0. The summed E-state index contributed by atoms with van der Waals surface area (Å²) in [6.07, 6.45) is 0.123. The average molecular weight is 452 g/mol. The summed E-state index contributed by atoms with van der Waals surface area (Å²) in [5, 5.41) is 0.653. The Kier molecular flexibility index (Phi) is 7.66. The maximum atomic E-state index is 12.7. The minimum atomic E-state index is -3.21. The zero-order valence-electron chi connectivity index (χ0n) is 17.4. The molecule has 2 heterocycles. The summed E-state index contributed by atoms with van der Waals surface area (Å²) in [7, 11) is -0.0211. The molecule has 30 heavy (non-hydrogen) atoms. The highest BCUT2D eigenvalue weighted by Crippen LogP contribution is 2.52. The first kappa shape index (κ1) is 22.5. The molecule has 3 rings (SSSR count). The third-order valence-electron chi connectivity index (χ3n) is 4.09. The van der Waals surface area contributed by atoms with Gasteiger partial charge in [-0.05, 0) is 37.6 Å². The van der Waals surface area contributed by atoms with Crippen LogP contribution in [0.25, 0.3) is 10.3 Å². The molecular formula is C20H25N2O6PS. The van der Waals surface area contributed by atoms with Gasteiger partial charge < -0.3 is 23.3 Å². The van der Waals surface area contributed by atoms with Crippen molar-refractivity contribution in [1.82, 2.24) is 9.97 Å². The molecule has 0 N–H and O–H groups in total. The topological polar surface area (TPSA) is 89.0 Å². The van der Waals surface area contributed by atoms with Crippen molar-refractivity contribution in [2.75, 3.05) is 27.4 Å². The van der Waals surface area contributed by atoms with Crippen molar-refractivity contribution in [3.63, 3.8) is 0 Å². The highest BCUT2D eigenvalue weighted by atomic mass is 32.1. The van der Waals surface area contributed by atoms with Gasteiger partial charge in [-0.15, -0.1) is 0 Å². The third-order valence-corrected chi connectivity index (χ3v) is 7.26. The summed E-state index contributed by atoms with van der Waals surface area (Å²) < 4.78 is 39.8. The molecule has 0 unspecified atom stereocenters. The van der Waals surface area contributed by atoms with Crippen LogP contribution in [0.2, 0.25) is 0 Å². The van der Waals surface area contributed by atoms with Crippen molar-refractivity contribution in [1.29, 1.82) is 0 Å². The van der Waals surface area contributed by atoms with E-state index in [0.29, 0.717) is 52.6 Å². The van der Waals surface area contributed by atoms with Gasteiger partial charge in [-0.25, -0.2) is 9.97 Å². The smallest absolute Gasteiger partial charge is 0.337 e. The zero-order chi connectivity index (χ0) is 21.6. The predicted octanol–water partition coefficient (Wildman–Crippen LogP) is 5.05. The second kappa shape index (κ2) is 10.2. The minimum Gasteiger partial charge on any atom is -0.493 e. The fourth-order valence-corrected chi connectivity index (χ4v) is 5.71. The highest BCUT2D eigenvalue weighted by molar-refractivity contribution is 7.53. The Balaban J connectivity index is 1.72. The highest BCUT2D eigenvalue weighted by Gasteiger charge is 2.26. The van der Waals surface area contributed by atoms with Crippen LogP contribution in [-0.2, 0) is 26.4 Å². The number of ether oxygens (including phenoxy) is 3. The number of benzene rings is 1. The van der Waals surface area contributed by atoms with Gasteiger partial charge in [0.2, 0.25) is 5.88 Å². The predicted molar refractivity (Wildman–Crippen MR) is 116 cm³/mol. The number of thiazole rings is 1. The van der Waals surface area contributed by atoms with E-state index in [9.17, 15) is 4.57 Å². The van der Waals surface area contributed by atoms with E-state index in [2.05, 4.69) is 9.97 Å². The number of methoxy groups -OCH3 is 2. The summed E-state index contributed by atoms with van der Waals surface area (Å²) in [6, 6.07) is 9.19. The van der Waals surface area contributed by atoms with Gasteiger partial charge in [0.1, 0.15) is 28.1 Å². The Morgan fingerprint density at radius 3 is 2.37 bits per heavy atom. The van der Waals surface area contributed by atoms with E-state index in [1.807, 2.05) is 24.3 Å². The van der Waals surface area contributed by atoms with Crippen LogP contribution >= 0.6 is 18.9 Å². The Bertz CT molecular complexity index is 1030. The standard InChI is InChI=1S/C20H25N2O6PS/c1-5-27-29(23,28-6-2)13-19-21-15-8-10-18(22-20(15)30-19)26-12-14-7-9-16(24-3)17(11-14)25-4/h7-11H,5-6,12-13H2,1-4H3. The second-order valence-electron chi connectivity index (χ2n) is 6.16. The molecule has 0 saturated carbocycles. The molecule has 162 valence electrons. The molecule has 2 aromatic heterocycles. The summed E-state index contributed by atoms with van der Waals surface area (Å²) in [4.78, 5) is 9.72. The maximum Gasteiger partial charge on any atom is 0.337 e. The molecule has 0 radical (unpaired) electrons. The lowest BCUT2D eigenvalue weighted by Crippen LogP contribution is -1.98. The average Bonchev–Trinajstić information content (AvgIpc) is 3.13. The quantitative estimate of drug-likeness (QED) is 0.373. The minimum absolute atomic E-state index is 0.123. The van der Waals surface area contributed by atoms with Gasteiger partial charge in [0.15, 0.2) is 11.5 Å². The molecule has 0 spiro atoms. The van der Waals surface area contributed by atoms with Crippen molar-refractivity contribution < 1.29 is 27.8 Å². The molecule has 0 bridgehead atoms. The van der Waals surface area contributed by atoms with Crippen molar-refractivity contribution in [2.24, 2.45) is 0 Å². The molecule has 0 aliphatic heterocycles. The molecular weight excluding hydrogens is 427 g/mol. The van der Waals surface area contributed by atoms with Crippen LogP contribution in [0.1, 0.15) is 24.4 Å². The van der Waals surface area contributed by atoms with E-state index in [0.717, 1.165) is 5.56 Å². The Hall–Kier alpha value is -2.19. The van der Waals surface area contributed by atoms with Crippen LogP contribution in [-0.4, -0.2) is 37.4 Å². The monoisotopic (exact) mass is 452 g/mol. The van der Waals surface area contributed by atoms with Crippen molar-refractivity contribution in [3.8, 4) is 17.4 Å². The van der Waals surface area contributed by atoms with E-state index >= 15 is 0 Å².